The lowest BCUT2D eigenvalue weighted by Crippen LogP contribution is -2.49. The topological polar surface area (TPSA) is 77.0 Å². The number of carbonyl (C=O) groups excluding carboxylic acids is 2. The Morgan fingerprint density at radius 3 is 2.38 bits per heavy atom. The van der Waals surface area contributed by atoms with Gasteiger partial charge in [-0.1, -0.05) is 18.9 Å². The number of thiophene rings is 1. The Balaban J connectivity index is 0.00000420. The second kappa shape index (κ2) is 12.4. The molecule has 0 radical (unpaired) electrons. The highest BCUT2D eigenvalue weighted by Gasteiger charge is 2.42. The molecule has 1 aromatic heterocycles. The van der Waals surface area contributed by atoms with E-state index < -0.39 is 0 Å². The van der Waals surface area contributed by atoms with Crippen molar-refractivity contribution < 1.29 is 9.59 Å². The van der Waals surface area contributed by atoms with Crippen LogP contribution < -0.4 is 10.6 Å². The van der Waals surface area contributed by atoms with Crippen LogP contribution in [0.4, 0.5) is 0 Å². The smallest absolute Gasteiger partial charge is 0.243 e. The molecule has 1 saturated carbocycles. The molecule has 164 valence electrons. The summed E-state index contributed by atoms with van der Waals surface area (Å²) < 4.78 is 0. The number of hydrogen-bond donors (Lipinski definition) is 2. The summed E-state index contributed by atoms with van der Waals surface area (Å²) in [4.78, 5) is 33.7. The molecule has 1 fully saturated rings. The van der Waals surface area contributed by atoms with Gasteiger partial charge in [0.15, 0.2) is 5.96 Å². The van der Waals surface area contributed by atoms with Gasteiger partial charge in [-0.05, 0) is 30.7 Å². The quantitative estimate of drug-likeness (QED) is 0.304. The lowest BCUT2D eigenvalue weighted by Gasteiger charge is -2.31. The maximum Gasteiger partial charge on any atom is 0.243 e. The molecule has 0 atom stereocenters. The van der Waals surface area contributed by atoms with Gasteiger partial charge in [0.2, 0.25) is 11.8 Å². The summed E-state index contributed by atoms with van der Waals surface area (Å²) in [5, 5.41) is 8.71. The van der Waals surface area contributed by atoms with Gasteiger partial charge < -0.3 is 20.4 Å². The fourth-order valence-corrected chi connectivity index (χ4v) is 4.18. The fraction of sp³-hybridized carbons (Fsp3) is 0.650. The molecule has 1 heterocycles. The summed E-state index contributed by atoms with van der Waals surface area (Å²) in [6, 6.07) is 4.15. The van der Waals surface area contributed by atoms with E-state index in [2.05, 4.69) is 27.1 Å². The zero-order valence-corrected chi connectivity index (χ0v) is 21.0. The van der Waals surface area contributed by atoms with Gasteiger partial charge in [-0.25, -0.2) is 4.99 Å². The Hall–Kier alpha value is -1.36. The number of nitrogens with zero attached hydrogens (tertiary/aromatic N) is 3. The van der Waals surface area contributed by atoms with Gasteiger partial charge in [-0.15, -0.1) is 35.3 Å². The van der Waals surface area contributed by atoms with E-state index in [1.54, 1.807) is 30.3 Å². The van der Waals surface area contributed by atoms with Crippen LogP contribution in [0.2, 0.25) is 0 Å². The van der Waals surface area contributed by atoms with Crippen molar-refractivity contribution in [3.8, 4) is 0 Å². The average molecular weight is 535 g/mol. The number of halogens is 1. The monoisotopic (exact) mass is 535 g/mol. The maximum atomic E-state index is 12.8. The first kappa shape index (κ1) is 25.7. The Morgan fingerprint density at radius 1 is 1.14 bits per heavy atom. The standard InChI is InChI=1S/C20H33N5O2S.HI/c1-24(2)17(26)14-22-19(21-12-9-16-8-7-13-28-16)23-15-20(10-5-6-11-20)18(27)25(3)4;/h7-8,13H,5-6,9-12,14-15H2,1-4H3,(H2,21,22,23);1H. The van der Waals surface area contributed by atoms with Gasteiger partial charge in [0.05, 0.1) is 5.41 Å². The van der Waals surface area contributed by atoms with E-state index in [4.69, 9.17) is 0 Å². The summed E-state index contributed by atoms with van der Waals surface area (Å²) in [7, 11) is 7.07. The number of hydrogen-bond acceptors (Lipinski definition) is 4. The normalized spacial score (nSPS) is 15.4. The number of aliphatic imine (C=N–C) groups is 1. The average Bonchev–Trinajstić information content (AvgIpc) is 3.34. The van der Waals surface area contributed by atoms with Crippen molar-refractivity contribution >= 4 is 53.1 Å². The molecule has 0 spiro atoms. The molecular weight excluding hydrogens is 501 g/mol. The van der Waals surface area contributed by atoms with Crippen molar-refractivity contribution in [2.75, 3.05) is 47.8 Å². The molecule has 7 nitrogen and oxygen atoms in total. The summed E-state index contributed by atoms with van der Waals surface area (Å²) in [6.07, 6.45) is 4.80. The minimum atomic E-state index is -0.384. The van der Waals surface area contributed by atoms with Crippen LogP contribution in [0, 0.1) is 5.41 Å². The van der Waals surface area contributed by atoms with Crippen LogP contribution in [-0.2, 0) is 16.0 Å². The number of nitrogens with one attached hydrogen (secondary N) is 2. The van der Waals surface area contributed by atoms with Crippen molar-refractivity contribution in [3.05, 3.63) is 22.4 Å². The van der Waals surface area contributed by atoms with E-state index in [0.29, 0.717) is 12.5 Å². The molecule has 0 bridgehead atoms. The first-order chi connectivity index (χ1) is 13.3. The fourth-order valence-electron chi connectivity index (χ4n) is 3.47. The highest BCUT2D eigenvalue weighted by Crippen LogP contribution is 2.38. The molecule has 0 aliphatic heterocycles. The largest absolute Gasteiger partial charge is 0.356 e. The third-order valence-corrected chi connectivity index (χ3v) is 6.07. The van der Waals surface area contributed by atoms with Gasteiger partial charge in [-0.3, -0.25) is 9.59 Å². The molecule has 1 aliphatic rings. The summed E-state index contributed by atoms with van der Waals surface area (Å²) >= 11 is 1.73. The predicted octanol–water partition coefficient (Wildman–Crippen LogP) is 2.18. The SMILES string of the molecule is CN(C)C(=O)CN=C(NCCc1cccs1)NCC1(C(=O)N(C)C)CCCC1.I. The maximum absolute atomic E-state index is 12.8. The summed E-state index contributed by atoms with van der Waals surface area (Å²) in [5.41, 5.74) is -0.384. The van der Waals surface area contributed by atoms with Crippen LogP contribution in [0.5, 0.6) is 0 Å². The molecule has 2 N–H and O–H groups in total. The molecule has 1 aliphatic carbocycles. The van der Waals surface area contributed by atoms with Crippen molar-refractivity contribution in [1.29, 1.82) is 0 Å². The van der Waals surface area contributed by atoms with Crippen LogP contribution in [0.1, 0.15) is 30.6 Å². The van der Waals surface area contributed by atoms with Crippen molar-refractivity contribution in [1.82, 2.24) is 20.4 Å². The van der Waals surface area contributed by atoms with Crippen LogP contribution in [0.3, 0.4) is 0 Å². The van der Waals surface area contributed by atoms with Crippen LogP contribution in [0.25, 0.3) is 0 Å². The third-order valence-electron chi connectivity index (χ3n) is 5.13. The van der Waals surface area contributed by atoms with Crippen molar-refractivity contribution in [2.24, 2.45) is 10.4 Å². The van der Waals surface area contributed by atoms with Crippen LogP contribution >= 0.6 is 35.3 Å². The van der Waals surface area contributed by atoms with E-state index in [1.807, 2.05) is 20.2 Å². The number of guanidine groups is 1. The van der Waals surface area contributed by atoms with E-state index in [9.17, 15) is 9.59 Å². The van der Waals surface area contributed by atoms with E-state index >= 15 is 0 Å². The van der Waals surface area contributed by atoms with Gasteiger partial charge in [0.1, 0.15) is 6.54 Å². The number of amides is 2. The number of likely N-dealkylation sites (N-methyl/N-ethyl adjacent to an activating group) is 1. The Labute approximate surface area is 195 Å². The van der Waals surface area contributed by atoms with Crippen molar-refractivity contribution in [3.63, 3.8) is 0 Å². The minimum Gasteiger partial charge on any atom is -0.356 e. The lowest BCUT2D eigenvalue weighted by atomic mass is 9.84. The second-order valence-corrected chi connectivity index (χ2v) is 8.78. The Bertz CT molecular complexity index is 670. The summed E-state index contributed by atoms with van der Waals surface area (Å²) in [5.74, 6) is 0.698. The van der Waals surface area contributed by atoms with Crippen LogP contribution in [-0.4, -0.2) is 75.4 Å². The van der Waals surface area contributed by atoms with Crippen LogP contribution in [0.15, 0.2) is 22.5 Å². The van der Waals surface area contributed by atoms with E-state index in [0.717, 1.165) is 38.6 Å². The van der Waals surface area contributed by atoms with Gasteiger partial charge >= 0.3 is 0 Å². The molecule has 1 aromatic rings. The number of rotatable bonds is 8. The Kier molecular flexibility index (Phi) is 10.9. The van der Waals surface area contributed by atoms with E-state index in [-0.39, 0.29) is 47.8 Å². The molecule has 2 amide bonds. The Morgan fingerprint density at radius 2 is 1.83 bits per heavy atom. The highest BCUT2D eigenvalue weighted by molar-refractivity contribution is 14.0. The molecule has 2 rings (SSSR count). The lowest BCUT2D eigenvalue weighted by molar-refractivity contribution is -0.138. The van der Waals surface area contributed by atoms with Gasteiger partial charge in [0, 0.05) is 46.2 Å². The molecule has 0 unspecified atom stereocenters. The highest BCUT2D eigenvalue weighted by atomic mass is 127. The van der Waals surface area contributed by atoms with Gasteiger partial charge in [0.25, 0.3) is 0 Å². The number of carbonyl (C=O) groups is 2. The van der Waals surface area contributed by atoms with Crippen molar-refractivity contribution in [2.45, 2.75) is 32.1 Å². The third kappa shape index (κ3) is 7.76. The molecular formula is C20H34IN5O2S. The zero-order chi connectivity index (χ0) is 20.6. The molecule has 29 heavy (non-hydrogen) atoms. The minimum absolute atomic E-state index is 0. The zero-order valence-electron chi connectivity index (χ0n) is 17.9. The predicted molar refractivity (Wildman–Crippen MR) is 130 cm³/mol. The first-order valence-electron chi connectivity index (χ1n) is 9.80. The molecule has 0 aromatic carbocycles. The van der Waals surface area contributed by atoms with Gasteiger partial charge in [-0.2, -0.15) is 0 Å². The second-order valence-electron chi connectivity index (χ2n) is 7.75. The molecule has 0 saturated heterocycles. The summed E-state index contributed by atoms with van der Waals surface area (Å²) in [6.45, 7) is 1.33. The van der Waals surface area contributed by atoms with E-state index in [1.165, 1.54) is 9.78 Å². The molecule has 9 heteroatoms. The first-order valence-corrected chi connectivity index (χ1v) is 10.7.